The first kappa shape index (κ1) is 17.8. The summed E-state index contributed by atoms with van der Waals surface area (Å²) >= 11 is 0. The van der Waals surface area contributed by atoms with Crippen molar-refractivity contribution in [3.8, 4) is 0 Å². The van der Waals surface area contributed by atoms with Crippen LogP contribution in [0.3, 0.4) is 0 Å². The molecule has 0 spiro atoms. The Morgan fingerprint density at radius 1 is 0.778 bits per heavy atom. The molecule has 0 saturated carbocycles. The summed E-state index contributed by atoms with van der Waals surface area (Å²) in [7, 11) is 0. The average Bonchev–Trinajstić information content (AvgIpc) is 2.45. The second kappa shape index (κ2) is 8.82. The van der Waals surface area contributed by atoms with Gasteiger partial charge in [-0.3, -0.25) is 0 Å². The molecule has 0 bridgehead atoms. The summed E-state index contributed by atoms with van der Waals surface area (Å²) in [5.74, 6) is 0. The lowest BCUT2D eigenvalue weighted by atomic mass is 9.84. The molecule has 4 N–H and O–H groups in total. The highest BCUT2D eigenvalue weighted by atomic mass is 16.5. The Morgan fingerprint density at radius 3 is 1.56 bits per heavy atom. The summed E-state index contributed by atoms with van der Waals surface area (Å²) in [5, 5.41) is 37.1. The molecule has 0 fully saturated rings. The second-order valence-electron chi connectivity index (χ2n) is 5.14. The van der Waals surface area contributed by atoms with Crippen LogP contribution in [0, 0.1) is 10.8 Å². The standard InChI is InChI=1S/C13H28O5/c1-3-12(7-14,8-15)5-6-18-11-13(4-2,9-16)10-17/h14-17H,3-11H2,1-2H3. The second-order valence-corrected chi connectivity index (χ2v) is 5.14. The monoisotopic (exact) mass is 264 g/mol. The Kier molecular flexibility index (Phi) is 8.73. The van der Waals surface area contributed by atoms with Crippen molar-refractivity contribution in [2.45, 2.75) is 33.1 Å². The van der Waals surface area contributed by atoms with Crippen molar-refractivity contribution in [3.63, 3.8) is 0 Å². The Bertz CT molecular complexity index is 161. The molecule has 0 aliphatic rings. The zero-order valence-corrected chi connectivity index (χ0v) is 11.6. The molecule has 18 heavy (non-hydrogen) atoms. The number of aliphatic hydroxyl groups is 4. The molecule has 0 aromatic rings. The maximum atomic E-state index is 9.28. The normalized spacial score (nSPS) is 13.0. The fourth-order valence-electron chi connectivity index (χ4n) is 1.65. The van der Waals surface area contributed by atoms with Crippen LogP contribution in [0.2, 0.25) is 0 Å². The molecule has 0 aromatic carbocycles. The van der Waals surface area contributed by atoms with Crippen LogP contribution in [0.25, 0.3) is 0 Å². The van der Waals surface area contributed by atoms with Crippen LogP contribution in [-0.2, 0) is 4.74 Å². The molecular formula is C13H28O5. The Morgan fingerprint density at radius 2 is 1.22 bits per heavy atom. The van der Waals surface area contributed by atoms with E-state index >= 15 is 0 Å². The molecule has 0 rings (SSSR count). The summed E-state index contributed by atoms with van der Waals surface area (Å²) in [6.07, 6.45) is 1.88. The van der Waals surface area contributed by atoms with E-state index in [9.17, 15) is 20.4 Å². The van der Waals surface area contributed by atoms with Gasteiger partial charge in [-0.1, -0.05) is 13.8 Å². The van der Waals surface area contributed by atoms with E-state index in [0.717, 1.165) is 0 Å². The predicted octanol–water partition coefficient (Wildman–Crippen LogP) is 0.155. The number of ether oxygens (including phenoxy) is 1. The van der Waals surface area contributed by atoms with Crippen LogP contribution >= 0.6 is 0 Å². The maximum absolute atomic E-state index is 9.28. The lowest BCUT2D eigenvalue weighted by Gasteiger charge is -2.31. The van der Waals surface area contributed by atoms with Crippen LogP contribution < -0.4 is 0 Å². The highest BCUT2D eigenvalue weighted by Crippen LogP contribution is 2.26. The fraction of sp³-hybridized carbons (Fsp3) is 1.00. The zero-order valence-electron chi connectivity index (χ0n) is 11.6. The van der Waals surface area contributed by atoms with Crippen molar-refractivity contribution < 1.29 is 25.2 Å². The van der Waals surface area contributed by atoms with Crippen LogP contribution in [0.1, 0.15) is 33.1 Å². The fourth-order valence-corrected chi connectivity index (χ4v) is 1.65. The van der Waals surface area contributed by atoms with Crippen molar-refractivity contribution >= 4 is 0 Å². The van der Waals surface area contributed by atoms with Gasteiger partial charge in [0.15, 0.2) is 0 Å². The third-order valence-corrected chi connectivity index (χ3v) is 4.03. The lowest BCUT2D eigenvalue weighted by molar-refractivity contribution is -0.0461. The number of aliphatic hydroxyl groups excluding tert-OH is 4. The van der Waals surface area contributed by atoms with Crippen LogP contribution in [-0.4, -0.2) is 60.1 Å². The van der Waals surface area contributed by atoms with E-state index in [1.807, 2.05) is 13.8 Å². The van der Waals surface area contributed by atoms with Gasteiger partial charge in [0.25, 0.3) is 0 Å². The van der Waals surface area contributed by atoms with Gasteiger partial charge in [0.2, 0.25) is 0 Å². The van der Waals surface area contributed by atoms with Gasteiger partial charge >= 0.3 is 0 Å². The van der Waals surface area contributed by atoms with Gasteiger partial charge in [-0.25, -0.2) is 0 Å². The molecule has 0 unspecified atom stereocenters. The van der Waals surface area contributed by atoms with Gasteiger partial charge in [-0.2, -0.15) is 0 Å². The number of hydrogen-bond acceptors (Lipinski definition) is 5. The molecule has 5 nitrogen and oxygen atoms in total. The summed E-state index contributed by atoms with van der Waals surface area (Å²) in [5.41, 5.74) is -1.08. The minimum atomic E-state index is -0.590. The predicted molar refractivity (Wildman–Crippen MR) is 69.2 cm³/mol. The summed E-state index contributed by atoms with van der Waals surface area (Å²) in [4.78, 5) is 0. The summed E-state index contributed by atoms with van der Waals surface area (Å²) in [6, 6.07) is 0. The Balaban J connectivity index is 4.11. The Labute approximate surface area is 109 Å². The molecule has 0 aliphatic carbocycles. The average molecular weight is 264 g/mol. The van der Waals surface area contributed by atoms with Crippen LogP contribution in [0.4, 0.5) is 0 Å². The van der Waals surface area contributed by atoms with Gasteiger partial charge in [-0.15, -0.1) is 0 Å². The summed E-state index contributed by atoms with van der Waals surface area (Å²) in [6.45, 7) is 4.14. The highest BCUT2D eigenvalue weighted by molar-refractivity contribution is 4.78. The minimum Gasteiger partial charge on any atom is -0.396 e. The molecule has 0 aliphatic heterocycles. The van der Waals surface area contributed by atoms with E-state index in [1.165, 1.54) is 0 Å². The van der Waals surface area contributed by atoms with Gasteiger partial charge in [-0.05, 0) is 19.3 Å². The topological polar surface area (TPSA) is 90.2 Å². The quantitative estimate of drug-likeness (QED) is 0.399. The Hall–Kier alpha value is -0.200. The first-order valence-corrected chi connectivity index (χ1v) is 6.58. The van der Waals surface area contributed by atoms with Crippen molar-refractivity contribution in [3.05, 3.63) is 0 Å². The molecule has 0 amide bonds. The summed E-state index contributed by atoms with van der Waals surface area (Å²) < 4.78 is 5.49. The van der Waals surface area contributed by atoms with Gasteiger partial charge < -0.3 is 25.2 Å². The molecule has 0 aromatic heterocycles. The van der Waals surface area contributed by atoms with E-state index in [-0.39, 0.29) is 33.0 Å². The van der Waals surface area contributed by atoms with Crippen LogP contribution in [0.5, 0.6) is 0 Å². The molecular weight excluding hydrogens is 236 g/mol. The minimum absolute atomic E-state index is 0.0672. The molecule has 0 saturated heterocycles. The third-order valence-electron chi connectivity index (χ3n) is 4.03. The zero-order chi connectivity index (χ0) is 14.1. The molecule has 5 heteroatoms. The number of rotatable bonds is 11. The van der Waals surface area contributed by atoms with Gasteiger partial charge in [0.05, 0.1) is 33.0 Å². The molecule has 0 radical (unpaired) electrons. The van der Waals surface area contributed by atoms with Crippen molar-refractivity contribution in [1.82, 2.24) is 0 Å². The molecule has 110 valence electrons. The van der Waals surface area contributed by atoms with Gasteiger partial charge in [0, 0.05) is 17.4 Å². The van der Waals surface area contributed by atoms with E-state index < -0.39 is 10.8 Å². The van der Waals surface area contributed by atoms with E-state index in [4.69, 9.17) is 4.74 Å². The third kappa shape index (κ3) is 4.82. The van der Waals surface area contributed by atoms with Crippen molar-refractivity contribution in [1.29, 1.82) is 0 Å². The largest absolute Gasteiger partial charge is 0.396 e. The van der Waals surface area contributed by atoms with E-state index in [0.29, 0.717) is 25.9 Å². The number of hydrogen-bond donors (Lipinski definition) is 4. The van der Waals surface area contributed by atoms with Crippen LogP contribution in [0.15, 0.2) is 0 Å². The molecule has 0 atom stereocenters. The van der Waals surface area contributed by atoms with E-state index in [2.05, 4.69) is 0 Å². The first-order chi connectivity index (χ1) is 8.57. The SMILES string of the molecule is CCC(CO)(CO)CCOCC(CC)(CO)CO. The molecule has 0 heterocycles. The van der Waals surface area contributed by atoms with Gasteiger partial charge in [0.1, 0.15) is 0 Å². The lowest BCUT2D eigenvalue weighted by Crippen LogP contribution is -2.36. The van der Waals surface area contributed by atoms with Crippen molar-refractivity contribution in [2.24, 2.45) is 10.8 Å². The maximum Gasteiger partial charge on any atom is 0.0566 e. The smallest absolute Gasteiger partial charge is 0.0566 e. The van der Waals surface area contributed by atoms with Crippen molar-refractivity contribution in [2.75, 3.05) is 39.6 Å². The van der Waals surface area contributed by atoms with E-state index in [1.54, 1.807) is 0 Å². The highest BCUT2D eigenvalue weighted by Gasteiger charge is 2.29. The first-order valence-electron chi connectivity index (χ1n) is 6.58.